The standard InChI is InChI=1S/C14H12FNO3/c15-10-4-3-9-7-11(14(18)19-12(9)8-10)13(17)16-5-1-2-6-16/h3-4,7-8H,1-2,5-6H2. The summed E-state index contributed by atoms with van der Waals surface area (Å²) in [5.74, 6) is -0.785. The second-order valence-electron chi connectivity index (χ2n) is 4.63. The van der Waals surface area contributed by atoms with Gasteiger partial charge < -0.3 is 9.32 Å². The minimum absolute atomic E-state index is 0.0148. The van der Waals surface area contributed by atoms with E-state index in [2.05, 4.69) is 0 Å². The summed E-state index contributed by atoms with van der Waals surface area (Å²) in [5, 5.41) is 0.545. The lowest BCUT2D eigenvalue weighted by molar-refractivity contribution is 0.0789. The van der Waals surface area contributed by atoms with Gasteiger partial charge in [0.25, 0.3) is 5.91 Å². The van der Waals surface area contributed by atoms with Crippen molar-refractivity contribution in [2.24, 2.45) is 0 Å². The molecule has 0 unspecified atom stereocenters. The maximum atomic E-state index is 13.0. The molecule has 0 radical (unpaired) electrons. The quantitative estimate of drug-likeness (QED) is 0.739. The Morgan fingerprint density at radius 2 is 1.95 bits per heavy atom. The summed E-state index contributed by atoms with van der Waals surface area (Å²) in [6.45, 7) is 1.33. The highest BCUT2D eigenvalue weighted by Crippen LogP contribution is 2.17. The van der Waals surface area contributed by atoms with Crippen molar-refractivity contribution in [2.75, 3.05) is 13.1 Å². The predicted octanol–water partition coefficient (Wildman–Crippen LogP) is 2.17. The molecule has 0 atom stereocenters. The van der Waals surface area contributed by atoms with Crippen molar-refractivity contribution in [3.8, 4) is 0 Å². The highest BCUT2D eigenvalue weighted by Gasteiger charge is 2.23. The van der Waals surface area contributed by atoms with Gasteiger partial charge in [0.15, 0.2) is 0 Å². The zero-order chi connectivity index (χ0) is 13.4. The van der Waals surface area contributed by atoms with Crippen LogP contribution in [0.2, 0.25) is 0 Å². The molecule has 1 aliphatic heterocycles. The first-order valence-corrected chi connectivity index (χ1v) is 6.18. The number of hydrogen-bond donors (Lipinski definition) is 0. The van der Waals surface area contributed by atoms with Gasteiger partial charge in [-0.05, 0) is 31.0 Å². The van der Waals surface area contributed by atoms with Crippen LogP contribution in [0.1, 0.15) is 23.2 Å². The summed E-state index contributed by atoms with van der Waals surface area (Å²) in [4.78, 5) is 25.6. The Balaban J connectivity index is 2.08. The number of hydrogen-bond acceptors (Lipinski definition) is 3. The van der Waals surface area contributed by atoms with Crippen LogP contribution in [-0.4, -0.2) is 23.9 Å². The van der Waals surface area contributed by atoms with Gasteiger partial charge in [-0.15, -0.1) is 0 Å². The van der Waals surface area contributed by atoms with E-state index in [9.17, 15) is 14.0 Å². The molecule has 0 bridgehead atoms. The second kappa shape index (κ2) is 4.50. The number of carbonyl (C=O) groups excluding carboxylic acids is 1. The van der Waals surface area contributed by atoms with Crippen LogP contribution in [-0.2, 0) is 0 Å². The van der Waals surface area contributed by atoms with Crippen molar-refractivity contribution in [1.82, 2.24) is 4.90 Å². The van der Waals surface area contributed by atoms with Gasteiger partial charge in [-0.25, -0.2) is 9.18 Å². The van der Waals surface area contributed by atoms with Crippen LogP contribution < -0.4 is 5.63 Å². The largest absolute Gasteiger partial charge is 0.422 e. The fourth-order valence-corrected chi connectivity index (χ4v) is 2.32. The third-order valence-electron chi connectivity index (χ3n) is 3.32. The number of halogens is 1. The molecular weight excluding hydrogens is 249 g/mol. The van der Waals surface area contributed by atoms with E-state index in [1.807, 2.05) is 0 Å². The van der Waals surface area contributed by atoms with Crippen molar-refractivity contribution in [3.63, 3.8) is 0 Å². The van der Waals surface area contributed by atoms with Crippen LogP contribution in [0, 0.1) is 5.82 Å². The zero-order valence-electron chi connectivity index (χ0n) is 10.2. The Morgan fingerprint density at radius 3 is 2.68 bits per heavy atom. The van der Waals surface area contributed by atoms with Gasteiger partial charge in [-0.3, -0.25) is 4.79 Å². The van der Waals surface area contributed by atoms with E-state index in [1.54, 1.807) is 4.90 Å². The molecule has 1 fully saturated rings. The van der Waals surface area contributed by atoms with Crippen LogP contribution in [0.4, 0.5) is 4.39 Å². The lowest BCUT2D eigenvalue weighted by atomic mass is 10.1. The van der Waals surface area contributed by atoms with Gasteiger partial charge in [-0.2, -0.15) is 0 Å². The highest BCUT2D eigenvalue weighted by molar-refractivity contribution is 5.96. The Hall–Kier alpha value is -2.17. The average molecular weight is 261 g/mol. The first kappa shape index (κ1) is 11.9. The van der Waals surface area contributed by atoms with E-state index in [0.29, 0.717) is 18.5 Å². The topological polar surface area (TPSA) is 50.5 Å². The lowest BCUT2D eigenvalue weighted by Gasteiger charge is -2.14. The third kappa shape index (κ3) is 2.12. The summed E-state index contributed by atoms with van der Waals surface area (Å²) in [7, 11) is 0. The number of carbonyl (C=O) groups is 1. The van der Waals surface area contributed by atoms with Crippen LogP contribution >= 0.6 is 0 Å². The van der Waals surface area contributed by atoms with E-state index < -0.39 is 11.4 Å². The molecule has 1 aromatic carbocycles. The first-order chi connectivity index (χ1) is 9.15. The number of likely N-dealkylation sites (tertiary alicyclic amines) is 1. The number of amides is 1. The maximum Gasteiger partial charge on any atom is 0.349 e. The van der Waals surface area contributed by atoms with Crippen LogP contribution in [0.15, 0.2) is 33.5 Å². The van der Waals surface area contributed by atoms with Gasteiger partial charge in [0.05, 0.1) is 0 Å². The Kier molecular flexibility index (Phi) is 2.81. The summed E-state index contributed by atoms with van der Waals surface area (Å²) in [6.07, 6.45) is 1.91. The van der Waals surface area contributed by atoms with Crippen molar-refractivity contribution < 1.29 is 13.6 Å². The second-order valence-corrected chi connectivity index (χ2v) is 4.63. The van der Waals surface area contributed by atoms with Crippen LogP contribution in [0.25, 0.3) is 11.0 Å². The summed E-state index contributed by atoms with van der Waals surface area (Å²) in [5.41, 5.74) is -0.543. The van der Waals surface area contributed by atoms with Crippen molar-refractivity contribution in [2.45, 2.75) is 12.8 Å². The molecule has 1 aliphatic rings. The SMILES string of the molecule is O=C(c1cc2ccc(F)cc2oc1=O)N1CCCC1. The normalized spacial score (nSPS) is 15.1. The highest BCUT2D eigenvalue weighted by atomic mass is 19.1. The minimum atomic E-state index is -0.713. The van der Waals surface area contributed by atoms with Crippen molar-refractivity contribution >= 4 is 16.9 Å². The predicted molar refractivity (Wildman–Crippen MR) is 67.6 cm³/mol. The average Bonchev–Trinajstić information content (AvgIpc) is 2.91. The number of benzene rings is 1. The fourth-order valence-electron chi connectivity index (χ4n) is 2.32. The Labute approximate surface area is 108 Å². The molecule has 0 N–H and O–H groups in total. The molecule has 2 aromatic rings. The molecule has 0 aliphatic carbocycles. The molecule has 0 spiro atoms. The van der Waals surface area contributed by atoms with Crippen LogP contribution in [0.3, 0.4) is 0 Å². The van der Waals surface area contributed by atoms with Gasteiger partial charge in [-0.1, -0.05) is 0 Å². The molecular formula is C14H12FNO3. The first-order valence-electron chi connectivity index (χ1n) is 6.18. The summed E-state index contributed by atoms with van der Waals surface area (Å²) in [6, 6.07) is 5.38. The van der Waals surface area contributed by atoms with E-state index in [0.717, 1.165) is 18.9 Å². The maximum absolute atomic E-state index is 13.0. The van der Waals surface area contributed by atoms with Crippen molar-refractivity contribution in [3.05, 3.63) is 46.1 Å². The molecule has 1 saturated heterocycles. The fraction of sp³-hybridized carbons (Fsp3) is 0.286. The number of nitrogens with zero attached hydrogens (tertiary/aromatic N) is 1. The summed E-state index contributed by atoms with van der Waals surface area (Å²) >= 11 is 0. The molecule has 3 rings (SSSR count). The Bertz CT molecular complexity index is 701. The lowest BCUT2D eigenvalue weighted by Crippen LogP contribution is -2.31. The van der Waals surface area contributed by atoms with E-state index in [1.165, 1.54) is 18.2 Å². The molecule has 5 heteroatoms. The summed E-state index contributed by atoms with van der Waals surface area (Å²) < 4.78 is 18.0. The molecule has 4 nitrogen and oxygen atoms in total. The van der Waals surface area contributed by atoms with E-state index in [4.69, 9.17) is 4.42 Å². The van der Waals surface area contributed by atoms with Gasteiger partial charge >= 0.3 is 5.63 Å². The van der Waals surface area contributed by atoms with E-state index in [-0.39, 0.29) is 17.1 Å². The third-order valence-corrected chi connectivity index (χ3v) is 3.32. The molecule has 98 valence electrons. The molecule has 19 heavy (non-hydrogen) atoms. The monoisotopic (exact) mass is 261 g/mol. The van der Waals surface area contributed by atoms with Gasteiger partial charge in [0, 0.05) is 24.5 Å². The molecule has 1 amide bonds. The van der Waals surface area contributed by atoms with E-state index >= 15 is 0 Å². The minimum Gasteiger partial charge on any atom is -0.422 e. The number of rotatable bonds is 1. The molecule has 2 heterocycles. The van der Waals surface area contributed by atoms with Crippen molar-refractivity contribution in [1.29, 1.82) is 0 Å². The zero-order valence-corrected chi connectivity index (χ0v) is 10.2. The van der Waals surface area contributed by atoms with Gasteiger partial charge in [0.2, 0.25) is 0 Å². The number of fused-ring (bicyclic) bond motifs is 1. The Morgan fingerprint density at radius 1 is 1.21 bits per heavy atom. The van der Waals surface area contributed by atoms with Gasteiger partial charge in [0.1, 0.15) is 17.0 Å². The smallest absolute Gasteiger partial charge is 0.349 e. The molecule has 0 saturated carbocycles. The molecule has 1 aromatic heterocycles. The van der Waals surface area contributed by atoms with Crippen LogP contribution in [0.5, 0.6) is 0 Å².